The fraction of sp³-hybridized carbons (Fsp3) is 0.227. The Bertz CT molecular complexity index is 1210. The molecule has 2 aromatic heterocycles. The summed E-state index contributed by atoms with van der Waals surface area (Å²) in [6.07, 6.45) is 2.29. The average Bonchev–Trinajstić information content (AvgIpc) is 3.23. The molecule has 4 aromatic rings. The van der Waals surface area contributed by atoms with Crippen LogP contribution in [0.3, 0.4) is 0 Å². The van der Waals surface area contributed by atoms with E-state index in [1.54, 1.807) is 4.57 Å². The first-order valence-corrected chi connectivity index (χ1v) is 10.0. The van der Waals surface area contributed by atoms with Crippen LogP contribution in [0.1, 0.15) is 22.4 Å². The molecular weight excluding hydrogens is 386 g/mol. The summed E-state index contributed by atoms with van der Waals surface area (Å²) in [6, 6.07) is 17.9. The number of hydrogen-bond donors (Lipinski definition) is 0. The summed E-state index contributed by atoms with van der Waals surface area (Å²) in [6.45, 7) is 2.76. The van der Waals surface area contributed by atoms with Gasteiger partial charge >= 0.3 is 0 Å². The van der Waals surface area contributed by atoms with E-state index < -0.39 is 0 Å². The van der Waals surface area contributed by atoms with E-state index >= 15 is 0 Å². The molecule has 1 aliphatic rings. The van der Waals surface area contributed by atoms with E-state index in [2.05, 4.69) is 27.1 Å². The topological polar surface area (TPSA) is 55.4 Å². The van der Waals surface area contributed by atoms with Crippen molar-refractivity contribution in [1.29, 1.82) is 0 Å². The molecule has 0 saturated carbocycles. The van der Waals surface area contributed by atoms with Gasteiger partial charge in [0.15, 0.2) is 0 Å². The lowest BCUT2D eigenvalue weighted by Gasteiger charge is -2.29. The predicted octanol–water partition coefficient (Wildman–Crippen LogP) is 3.15. The molecule has 0 radical (unpaired) electrons. The summed E-state index contributed by atoms with van der Waals surface area (Å²) in [5, 5.41) is 5.08. The molecule has 0 amide bonds. The van der Waals surface area contributed by atoms with Crippen LogP contribution < -0.4 is 5.56 Å². The number of hydrogen-bond acceptors (Lipinski definition) is 4. The van der Waals surface area contributed by atoms with Gasteiger partial charge in [0, 0.05) is 31.1 Å². The van der Waals surface area contributed by atoms with Gasteiger partial charge in [0.05, 0.1) is 17.8 Å². The molecule has 0 fully saturated rings. The number of nitrogens with zero attached hydrogens (tertiary/aromatic N) is 5. The molecule has 2 aromatic carbocycles. The SMILES string of the molecule is O=c1c2c(n3ncnc3n1Cc1ccc(Cl)cc1)CCN(Cc1ccccc1)C2. The molecule has 29 heavy (non-hydrogen) atoms. The Kier molecular flexibility index (Phi) is 4.66. The summed E-state index contributed by atoms with van der Waals surface area (Å²) in [7, 11) is 0. The maximum atomic E-state index is 13.4. The normalized spacial score (nSPS) is 14.2. The van der Waals surface area contributed by atoms with Crippen molar-refractivity contribution in [3.8, 4) is 0 Å². The lowest BCUT2D eigenvalue weighted by atomic mass is 10.1. The van der Waals surface area contributed by atoms with E-state index in [0.717, 1.165) is 36.3 Å². The zero-order valence-corrected chi connectivity index (χ0v) is 16.6. The van der Waals surface area contributed by atoms with Gasteiger partial charge in [-0.15, -0.1) is 0 Å². The third kappa shape index (κ3) is 3.45. The predicted molar refractivity (Wildman–Crippen MR) is 112 cm³/mol. The highest BCUT2D eigenvalue weighted by Crippen LogP contribution is 2.19. The van der Waals surface area contributed by atoms with Crippen LogP contribution in [0.2, 0.25) is 5.02 Å². The van der Waals surface area contributed by atoms with E-state index in [1.807, 2.05) is 47.0 Å². The maximum Gasteiger partial charge on any atom is 0.260 e. The van der Waals surface area contributed by atoms with Crippen LogP contribution in [0.4, 0.5) is 0 Å². The minimum Gasteiger partial charge on any atom is -0.294 e. The van der Waals surface area contributed by atoms with Crippen LogP contribution in [-0.4, -0.2) is 30.6 Å². The molecule has 0 atom stereocenters. The van der Waals surface area contributed by atoms with Gasteiger partial charge in [-0.1, -0.05) is 54.1 Å². The number of benzene rings is 2. The number of fused-ring (bicyclic) bond motifs is 3. The minimum atomic E-state index is 0.00760. The fourth-order valence-electron chi connectivity index (χ4n) is 3.99. The molecule has 0 saturated heterocycles. The standard InChI is InChI=1S/C22H20ClN5O/c23-18-8-6-17(7-9-18)13-27-21(29)19-14-26(12-16-4-2-1-3-5-16)11-10-20(19)28-22(27)24-15-25-28/h1-9,15H,10-14H2. The van der Waals surface area contributed by atoms with Crippen molar-refractivity contribution in [2.24, 2.45) is 0 Å². The Hall–Kier alpha value is -2.96. The summed E-state index contributed by atoms with van der Waals surface area (Å²) in [5.74, 6) is 0.584. The third-order valence-corrected chi connectivity index (χ3v) is 5.68. The van der Waals surface area contributed by atoms with Crippen molar-refractivity contribution in [2.45, 2.75) is 26.1 Å². The summed E-state index contributed by atoms with van der Waals surface area (Å²) in [5.41, 5.74) is 4.03. The second-order valence-corrected chi connectivity index (χ2v) is 7.80. The van der Waals surface area contributed by atoms with Gasteiger partial charge < -0.3 is 0 Å². The van der Waals surface area contributed by atoms with Crippen molar-refractivity contribution >= 4 is 17.4 Å². The highest BCUT2D eigenvalue weighted by Gasteiger charge is 2.25. The monoisotopic (exact) mass is 405 g/mol. The van der Waals surface area contributed by atoms with Gasteiger partial charge in [0.1, 0.15) is 6.33 Å². The highest BCUT2D eigenvalue weighted by atomic mass is 35.5. The molecule has 0 N–H and O–H groups in total. The molecule has 0 unspecified atom stereocenters. The molecule has 5 rings (SSSR count). The largest absolute Gasteiger partial charge is 0.294 e. The third-order valence-electron chi connectivity index (χ3n) is 5.43. The molecule has 146 valence electrons. The molecule has 1 aliphatic heterocycles. The van der Waals surface area contributed by atoms with Crippen LogP contribution in [0.25, 0.3) is 5.78 Å². The minimum absolute atomic E-state index is 0.00760. The molecule has 0 bridgehead atoms. The van der Waals surface area contributed by atoms with Crippen LogP contribution in [0.15, 0.2) is 65.7 Å². The van der Waals surface area contributed by atoms with Crippen molar-refractivity contribution in [1.82, 2.24) is 24.1 Å². The molecule has 7 heteroatoms. The summed E-state index contributed by atoms with van der Waals surface area (Å²) < 4.78 is 3.54. The summed E-state index contributed by atoms with van der Waals surface area (Å²) in [4.78, 5) is 20.1. The van der Waals surface area contributed by atoms with Crippen LogP contribution >= 0.6 is 11.6 Å². The Morgan fingerprint density at radius 3 is 2.52 bits per heavy atom. The Balaban J connectivity index is 1.53. The van der Waals surface area contributed by atoms with Crippen molar-refractivity contribution in [2.75, 3.05) is 6.54 Å². The summed E-state index contributed by atoms with van der Waals surface area (Å²) >= 11 is 6.00. The molecule has 6 nitrogen and oxygen atoms in total. The average molecular weight is 406 g/mol. The van der Waals surface area contributed by atoms with Crippen molar-refractivity contribution in [3.05, 3.63) is 98.7 Å². The van der Waals surface area contributed by atoms with Gasteiger partial charge in [-0.2, -0.15) is 10.1 Å². The van der Waals surface area contributed by atoms with E-state index in [4.69, 9.17) is 11.6 Å². The van der Waals surface area contributed by atoms with E-state index in [9.17, 15) is 4.79 Å². The molecule has 0 spiro atoms. The van der Waals surface area contributed by atoms with E-state index in [0.29, 0.717) is 23.9 Å². The fourth-order valence-corrected chi connectivity index (χ4v) is 4.11. The quantitative estimate of drug-likeness (QED) is 0.523. The smallest absolute Gasteiger partial charge is 0.260 e. The van der Waals surface area contributed by atoms with Crippen LogP contribution in [0.5, 0.6) is 0 Å². The lowest BCUT2D eigenvalue weighted by Crippen LogP contribution is -2.39. The first kappa shape index (κ1) is 18.1. The second kappa shape index (κ2) is 7.46. The maximum absolute atomic E-state index is 13.4. The van der Waals surface area contributed by atoms with E-state index in [-0.39, 0.29) is 5.56 Å². The van der Waals surface area contributed by atoms with Crippen LogP contribution in [-0.2, 0) is 26.1 Å². The van der Waals surface area contributed by atoms with Crippen molar-refractivity contribution < 1.29 is 0 Å². The first-order chi connectivity index (χ1) is 14.2. The van der Waals surface area contributed by atoms with E-state index in [1.165, 1.54) is 11.9 Å². The zero-order chi connectivity index (χ0) is 19.8. The Labute approximate surface area is 173 Å². The molecule has 3 heterocycles. The Morgan fingerprint density at radius 2 is 1.72 bits per heavy atom. The zero-order valence-electron chi connectivity index (χ0n) is 15.8. The van der Waals surface area contributed by atoms with Gasteiger partial charge in [0.25, 0.3) is 5.56 Å². The number of rotatable bonds is 4. The Morgan fingerprint density at radius 1 is 0.966 bits per heavy atom. The number of halogens is 1. The number of aromatic nitrogens is 4. The van der Waals surface area contributed by atoms with Gasteiger partial charge in [-0.05, 0) is 23.3 Å². The van der Waals surface area contributed by atoms with Gasteiger partial charge in [-0.3, -0.25) is 14.3 Å². The lowest BCUT2D eigenvalue weighted by molar-refractivity contribution is 0.239. The molecule has 0 aliphatic carbocycles. The van der Waals surface area contributed by atoms with Crippen LogP contribution in [0, 0.1) is 0 Å². The first-order valence-electron chi connectivity index (χ1n) is 9.64. The van der Waals surface area contributed by atoms with Crippen molar-refractivity contribution in [3.63, 3.8) is 0 Å². The highest BCUT2D eigenvalue weighted by molar-refractivity contribution is 6.30. The van der Waals surface area contributed by atoms with Gasteiger partial charge in [-0.25, -0.2) is 4.52 Å². The second-order valence-electron chi connectivity index (χ2n) is 7.36. The van der Waals surface area contributed by atoms with Gasteiger partial charge in [0.2, 0.25) is 5.78 Å². The molecular formula is C22H20ClN5O.